The molecule has 1 unspecified atom stereocenters. The van der Waals surface area contributed by atoms with Crippen LogP contribution in [0.15, 0.2) is 29.2 Å². The third-order valence-electron chi connectivity index (χ3n) is 1.46. The maximum absolute atomic E-state index is 11.1. The number of rotatable bonds is 3. The molecule has 72 valence electrons. The van der Waals surface area contributed by atoms with Crippen molar-refractivity contribution in [3.05, 3.63) is 44.8 Å². The monoisotopic (exact) mass is 212 g/mol. The molecule has 0 aliphatic rings. The Bertz CT molecular complexity index is 423. The van der Waals surface area contributed by atoms with Gasteiger partial charge in [-0.3, -0.25) is 10.1 Å². The first-order chi connectivity index (χ1) is 6.65. The quantitative estimate of drug-likeness (QED) is 0.191. The van der Waals surface area contributed by atoms with Crippen LogP contribution < -0.4 is 5.30 Å². The number of hydrogen-bond donors (Lipinski definition) is 0. The minimum absolute atomic E-state index is 0.0931. The molecule has 8 heteroatoms. The first-order valence-electron chi connectivity index (χ1n) is 3.49. The number of azide groups is 1. The Morgan fingerprint density at radius 2 is 2.00 bits per heavy atom. The molecule has 1 atom stereocenters. The van der Waals surface area contributed by atoms with Gasteiger partial charge in [-0.1, -0.05) is 0 Å². The van der Waals surface area contributed by atoms with E-state index in [4.69, 9.17) is 5.53 Å². The van der Waals surface area contributed by atoms with Crippen molar-refractivity contribution >= 4 is 18.9 Å². The van der Waals surface area contributed by atoms with E-state index in [1.165, 1.54) is 24.3 Å². The summed E-state index contributed by atoms with van der Waals surface area (Å²) in [4.78, 5) is 15.1. The highest BCUT2D eigenvalue weighted by atomic mass is 31.1. The van der Waals surface area contributed by atoms with Gasteiger partial charge < -0.3 is 4.57 Å². The normalized spacial score (nSPS) is 11.4. The summed E-state index contributed by atoms with van der Waals surface area (Å²) >= 11 is 0. The third kappa shape index (κ3) is 2.32. The molecular weight excluding hydrogens is 207 g/mol. The summed E-state index contributed by atoms with van der Waals surface area (Å²) in [5.41, 5.74) is 7.92. The van der Waals surface area contributed by atoms with Crippen molar-refractivity contribution in [3.8, 4) is 0 Å². The lowest BCUT2D eigenvalue weighted by atomic mass is 10.3. The van der Waals surface area contributed by atoms with Crippen LogP contribution in [0.1, 0.15) is 0 Å². The molecule has 0 spiro atoms. The van der Waals surface area contributed by atoms with Gasteiger partial charge in [0, 0.05) is 22.3 Å². The molecular formula is C6H5N4O3P. The zero-order chi connectivity index (χ0) is 10.6. The predicted molar refractivity (Wildman–Crippen MR) is 50.9 cm³/mol. The SMILES string of the molecule is [N-]=[N+]=N[PH](=O)c1ccc([N+](=O)[O-])cc1. The summed E-state index contributed by atoms with van der Waals surface area (Å²) < 4.78 is 11.1. The second-order valence-corrected chi connectivity index (χ2v) is 3.69. The fourth-order valence-corrected chi connectivity index (χ4v) is 1.47. The van der Waals surface area contributed by atoms with Crippen LogP contribution in [-0.4, -0.2) is 4.92 Å². The molecule has 0 aromatic heterocycles. The largest absolute Gasteiger partial charge is 0.315 e. The van der Waals surface area contributed by atoms with Gasteiger partial charge >= 0.3 is 0 Å². The van der Waals surface area contributed by atoms with E-state index in [2.05, 4.69) is 9.80 Å². The lowest BCUT2D eigenvalue weighted by molar-refractivity contribution is -0.384. The van der Waals surface area contributed by atoms with E-state index in [1.807, 2.05) is 0 Å². The summed E-state index contributed by atoms with van der Waals surface area (Å²) in [6.45, 7) is 0. The van der Waals surface area contributed by atoms with E-state index in [1.54, 1.807) is 0 Å². The van der Waals surface area contributed by atoms with Gasteiger partial charge in [-0.05, 0) is 22.5 Å². The van der Waals surface area contributed by atoms with Crippen LogP contribution in [-0.2, 0) is 4.57 Å². The molecule has 0 radical (unpaired) electrons. The van der Waals surface area contributed by atoms with Crippen molar-refractivity contribution in [1.29, 1.82) is 0 Å². The van der Waals surface area contributed by atoms with E-state index in [-0.39, 0.29) is 5.69 Å². The van der Waals surface area contributed by atoms with Gasteiger partial charge in [0.15, 0.2) is 7.95 Å². The Morgan fingerprint density at radius 3 is 2.43 bits per heavy atom. The van der Waals surface area contributed by atoms with Crippen LogP contribution in [0.2, 0.25) is 0 Å². The van der Waals surface area contributed by atoms with Gasteiger partial charge in [-0.2, -0.15) is 0 Å². The lowest BCUT2D eigenvalue weighted by Crippen LogP contribution is -1.95. The lowest BCUT2D eigenvalue weighted by Gasteiger charge is -1.94. The molecule has 0 saturated heterocycles. The molecule has 0 saturated carbocycles. The summed E-state index contributed by atoms with van der Waals surface area (Å²) in [7, 11) is -2.52. The fraction of sp³-hybridized carbons (Fsp3) is 0. The minimum Gasteiger partial charge on any atom is -0.315 e. The Hall–Kier alpha value is -1.84. The molecule has 1 aromatic carbocycles. The Labute approximate surface area is 79.0 Å². The number of nitrogens with zero attached hydrogens (tertiary/aromatic N) is 4. The number of nitro benzene ring substituents is 1. The maximum atomic E-state index is 11.1. The molecule has 1 aromatic rings. The van der Waals surface area contributed by atoms with Gasteiger partial charge in [-0.15, -0.1) is 0 Å². The second-order valence-electron chi connectivity index (χ2n) is 2.30. The zero-order valence-corrected chi connectivity index (χ0v) is 7.82. The smallest absolute Gasteiger partial charge is 0.269 e. The van der Waals surface area contributed by atoms with Crippen molar-refractivity contribution in [1.82, 2.24) is 0 Å². The molecule has 0 aliphatic carbocycles. The predicted octanol–water partition coefficient (Wildman–Crippen LogP) is 2.01. The molecule has 0 fully saturated rings. The number of non-ortho nitro benzene ring substituents is 1. The van der Waals surface area contributed by atoms with Crippen LogP contribution in [0.5, 0.6) is 0 Å². The molecule has 0 bridgehead atoms. The molecule has 0 aliphatic heterocycles. The van der Waals surface area contributed by atoms with Crippen molar-refractivity contribution in [2.75, 3.05) is 0 Å². The molecule has 0 heterocycles. The Morgan fingerprint density at radius 1 is 1.43 bits per heavy atom. The number of benzene rings is 1. The Kier molecular flexibility index (Phi) is 3.23. The van der Waals surface area contributed by atoms with Crippen LogP contribution >= 0.6 is 7.95 Å². The zero-order valence-electron chi connectivity index (χ0n) is 6.82. The molecule has 7 nitrogen and oxygen atoms in total. The van der Waals surface area contributed by atoms with Crippen LogP contribution in [0, 0.1) is 10.1 Å². The molecule has 1 rings (SSSR count). The highest BCUT2D eigenvalue weighted by molar-refractivity contribution is 7.51. The van der Waals surface area contributed by atoms with E-state index < -0.39 is 12.9 Å². The van der Waals surface area contributed by atoms with Crippen molar-refractivity contribution in [2.24, 2.45) is 4.88 Å². The van der Waals surface area contributed by atoms with E-state index in [0.717, 1.165) is 0 Å². The maximum Gasteiger partial charge on any atom is 0.269 e. The fourth-order valence-electron chi connectivity index (χ4n) is 0.824. The average molecular weight is 212 g/mol. The van der Waals surface area contributed by atoms with E-state index in [9.17, 15) is 14.7 Å². The highest BCUT2D eigenvalue weighted by Gasteiger charge is 2.06. The highest BCUT2D eigenvalue weighted by Crippen LogP contribution is 2.22. The average Bonchev–Trinajstić information content (AvgIpc) is 2.18. The molecule has 0 N–H and O–H groups in total. The van der Waals surface area contributed by atoms with Gasteiger partial charge in [0.2, 0.25) is 0 Å². The van der Waals surface area contributed by atoms with Crippen molar-refractivity contribution < 1.29 is 9.49 Å². The van der Waals surface area contributed by atoms with Crippen LogP contribution in [0.3, 0.4) is 0 Å². The van der Waals surface area contributed by atoms with E-state index >= 15 is 0 Å². The molecule has 0 amide bonds. The molecule has 14 heavy (non-hydrogen) atoms. The first-order valence-corrected chi connectivity index (χ1v) is 4.84. The van der Waals surface area contributed by atoms with Crippen LogP contribution in [0.25, 0.3) is 10.4 Å². The standard InChI is InChI=1S/C6H5N4O3P/c7-8-9-14(13)6-3-1-5(2-4-6)10(11)12/h1-4,14H. The minimum atomic E-state index is -2.52. The second kappa shape index (κ2) is 4.41. The number of nitro groups is 1. The van der Waals surface area contributed by atoms with Gasteiger partial charge in [0.25, 0.3) is 5.69 Å². The van der Waals surface area contributed by atoms with Gasteiger partial charge in [0.1, 0.15) is 0 Å². The summed E-state index contributed by atoms with van der Waals surface area (Å²) in [6.07, 6.45) is 0. The van der Waals surface area contributed by atoms with Gasteiger partial charge in [0.05, 0.1) is 4.92 Å². The van der Waals surface area contributed by atoms with Crippen LogP contribution in [0.4, 0.5) is 5.69 Å². The van der Waals surface area contributed by atoms with E-state index in [0.29, 0.717) is 5.30 Å². The van der Waals surface area contributed by atoms with Crippen molar-refractivity contribution in [3.63, 3.8) is 0 Å². The van der Waals surface area contributed by atoms with Crippen molar-refractivity contribution in [2.45, 2.75) is 0 Å². The summed E-state index contributed by atoms with van der Waals surface area (Å²) in [5.74, 6) is 0. The number of hydrogen-bond acceptors (Lipinski definition) is 3. The van der Waals surface area contributed by atoms with Gasteiger partial charge in [-0.25, -0.2) is 0 Å². The summed E-state index contributed by atoms with van der Waals surface area (Å²) in [5, 5.41) is 10.6. The third-order valence-corrected chi connectivity index (χ3v) is 2.56. The first kappa shape index (κ1) is 10.2. The Balaban J connectivity index is 2.99. The topological polar surface area (TPSA) is 109 Å². The summed E-state index contributed by atoms with van der Waals surface area (Å²) in [6, 6.07) is 5.05.